The van der Waals surface area contributed by atoms with Crippen LogP contribution in [0.5, 0.6) is 0 Å². The summed E-state index contributed by atoms with van der Waals surface area (Å²) in [6.45, 7) is 7.44. The van der Waals surface area contributed by atoms with Crippen molar-refractivity contribution in [3.63, 3.8) is 0 Å². The predicted molar refractivity (Wildman–Crippen MR) is 154 cm³/mol. The number of imidazole rings is 1. The van der Waals surface area contributed by atoms with Crippen molar-refractivity contribution >= 4 is 28.8 Å². The highest BCUT2D eigenvalue weighted by molar-refractivity contribution is 6.08. The van der Waals surface area contributed by atoms with Crippen LogP contribution < -0.4 is 10.6 Å². The Bertz CT molecular complexity index is 1640. The largest absolute Gasteiger partial charge is 0.352 e. The van der Waals surface area contributed by atoms with E-state index >= 15 is 0 Å². The molecule has 0 saturated heterocycles. The lowest BCUT2D eigenvalue weighted by Crippen LogP contribution is -2.24. The third kappa shape index (κ3) is 5.61. The number of tetrazole rings is 1. The van der Waals surface area contributed by atoms with Gasteiger partial charge in [-0.1, -0.05) is 61.4 Å². The number of rotatable bonds is 10. The summed E-state index contributed by atoms with van der Waals surface area (Å²) in [7, 11) is 0. The SMILES string of the molecule is CCCNC(=O)c1cc(C)c2nc(CCC)n(Cc3ccc(-c4ccccc4C(=O)Nc4nn[nH]n4)cc3)c2c1. The van der Waals surface area contributed by atoms with Crippen LogP contribution in [0.2, 0.25) is 0 Å². The van der Waals surface area contributed by atoms with Crippen molar-refractivity contribution in [2.45, 2.75) is 46.6 Å². The second-order valence-electron chi connectivity index (χ2n) is 9.71. The lowest BCUT2D eigenvalue weighted by Gasteiger charge is -2.12. The van der Waals surface area contributed by atoms with Gasteiger partial charge in [0, 0.05) is 30.6 Å². The molecule has 0 spiro atoms. The molecule has 0 unspecified atom stereocenters. The number of hydrogen-bond acceptors (Lipinski definition) is 6. The van der Waals surface area contributed by atoms with Gasteiger partial charge in [-0.25, -0.2) is 4.98 Å². The average molecular weight is 537 g/mol. The molecule has 2 amide bonds. The summed E-state index contributed by atoms with van der Waals surface area (Å²) in [5, 5.41) is 19.0. The zero-order chi connectivity index (χ0) is 28.1. The van der Waals surface area contributed by atoms with E-state index in [1.165, 1.54) is 0 Å². The number of aryl methyl sites for hydroxylation is 2. The minimum absolute atomic E-state index is 0.0666. The fourth-order valence-corrected chi connectivity index (χ4v) is 4.79. The van der Waals surface area contributed by atoms with Crippen molar-refractivity contribution in [1.82, 2.24) is 35.5 Å². The number of fused-ring (bicyclic) bond motifs is 1. The molecule has 0 fully saturated rings. The van der Waals surface area contributed by atoms with Crippen LogP contribution in [0, 0.1) is 6.92 Å². The van der Waals surface area contributed by atoms with Crippen LogP contribution in [0.15, 0.2) is 60.7 Å². The Morgan fingerprint density at radius 3 is 2.50 bits per heavy atom. The summed E-state index contributed by atoms with van der Waals surface area (Å²) in [4.78, 5) is 30.6. The van der Waals surface area contributed by atoms with Crippen molar-refractivity contribution in [1.29, 1.82) is 0 Å². The maximum Gasteiger partial charge on any atom is 0.270 e. The van der Waals surface area contributed by atoms with Gasteiger partial charge in [-0.2, -0.15) is 5.21 Å². The van der Waals surface area contributed by atoms with Gasteiger partial charge in [0.15, 0.2) is 0 Å². The lowest BCUT2D eigenvalue weighted by molar-refractivity contribution is 0.0952. The van der Waals surface area contributed by atoms with Gasteiger partial charge in [-0.15, -0.1) is 5.10 Å². The second kappa shape index (κ2) is 11.9. The maximum atomic E-state index is 12.9. The molecule has 3 aromatic carbocycles. The highest BCUT2D eigenvalue weighted by Crippen LogP contribution is 2.27. The maximum absolute atomic E-state index is 12.9. The number of carbonyl (C=O) groups excluding carboxylic acids is 2. The fraction of sp³-hybridized carbons (Fsp3) is 0.267. The summed E-state index contributed by atoms with van der Waals surface area (Å²) in [6, 6.07) is 19.4. The highest BCUT2D eigenvalue weighted by Gasteiger charge is 2.17. The van der Waals surface area contributed by atoms with E-state index in [4.69, 9.17) is 4.98 Å². The Hall–Kier alpha value is -4.86. The van der Waals surface area contributed by atoms with E-state index in [2.05, 4.69) is 54.9 Å². The standard InChI is InChI=1S/C30H32N8O2/c1-4-8-26-32-27-19(3)16-22(28(39)31-15-5-2)17-25(27)38(26)18-20-11-13-21(14-12-20)23-9-6-7-10-24(23)29(40)33-30-34-36-37-35-30/h6-7,9-14,16-17H,4-5,8,15,18H2,1-3H3,(H,31,39)(H2,33,34,35,36,37,40). The number of H-pyrrole nitrogens is 1. The monoisotopic (exact) mass is 536 g/mol. The molecular weight excluding hydrogens is 504 g/mol. The van der Waals surface area contributed by atoms with Gasteiger partial charge in [-0.05, 0) is 65.4 Å². The van der Waals surface area contributed by atoms with Crippen LogP contribution in [0.4, 0.5) is 5.95 Å². The molecule has 0 saturated carbocycles. The summed E-state index contributed by atoms with van der Waals surface area (Å²) >= 11 is 0. The van der Waals surface area contributed by atoms with Gasteiger partial charge in [0.1, 0.15) is 5.82 Å². The van der Waals surface area contributed by atoms with Crippen LogP contribution in [-0.4, -0.2) is 48.5 Å². The fourth-order valence-electron chi connectivity index (χ4n) is 4.79. The molecule has 2 aromatic heterocycles. The van der Waals surface area contributed by atoms with Gasteiger partial charge in [0.2, 0.25) is 0 Å². The van der Waals surface area contributed by atoms with Gasteiger partial charge < -0.3 is 9.88 Å². The number of nitrogens with zero attached hydrogens (tertiary/aromatic N) is 5. The molecule has 10 nitrogen and oxygen atoms in total. The van der Waals surface area contributed by atoms with Crippen LogP contribution in [-0.2, 0) is 13.0 Å². The number of benzene rings is 3. The Morgan fingerprint density at radius 2 is 1.77 bits per heavy atom. The van der Waals surface area contributed by atoms with E-state index in [1.54, 1.807) is 6.07 Å². The predicted octanol–water partition coefficient (Wildman–Crippen LogP) is 4.92. The second-order valence-corrected chi connectivity index (χ2v) is 9.71. The first kappa shape index (κ1) is 26.7. The summed E-state index contributed by atoms with van der Waals surface area (Å²) in [5.74, 6) is 0.735. The summed E-state index contributed by atoms with van der Waals surface area (Å²) in [6.07, 6.45) is 2.69. The number of nitrogens with one attached hydrogen (secondary N) is 3. The minimum atomic E-state index is -0.315. The Labute approximate surface area is 232 Å². The van der Waals surface area contributed by atoms with Crippen LogP contribution in [0.1, 0.15) is 64.4 Å². The molecular formula is C30H32N8O2. The van der Waals surface area contributed by atoms with E-state index in [1.807, 2.05) is 56.3 Å². The molecule has 0 radical (unpaired) electrons. The first-order chi connectivity index (χ1) is 19.5. The Morgan fingerprint density at radius 1 is 0.975 bits per heavy atom. The van der Waals surface area contributed by atoms with Crippen LogP contribution in [0.25, 0.3) is 22.2 Å². The van der Waals surface area contributed by atoms with Gasteiger partial charge in [-0.3, -0.25) is 14.9 Å². The van der Waals surface area contributed by atoms with E-state index < -0.39 is 0 Å². The van der Waals surface area contributed by atoms with Crippen molar-refractivity contribution in [2.75, 3.05) is 11.9 Å². The number of carbonyl (C=O) groups is 2. The normalized spacial score (nSPS) is 11.1. The molecule has 0 aliphatic heterocycles. The van der Waals surface area contributed by atoms with E-state index in [0.29, 0.717) is 24.2 Å². The summed E-state index contributed by atoms with van der Waals surface area (Å²) < 4.78 is 2.21. The Kier molecular flexibility index (Phi) is 7.95. The zero-order valence-electron chi connectivity index (χ0n) is 22.9. The molecule has 40 heavy (non-hydrogen) atoms. The molecule has 10 heteroatoms. The van der Waals surface area contributed by atoms with Crippen LogP contribution >= 0.6 is 0 Å². The molecule has 204 valence electrons. The van der Waals surface area contributed by atoms with E-state index in [9.17, 15) is 9.59 Å². The molecule has 3 N–H and O–H groups in total. The lowest BCUT2D eigenvalue weighted by atomic mass is 9.98. The number of hydrogen-bond donors (Lipinski definition) is 3. The molecule has 0 atom stereocenters. The van der Waals surface area contributed by atoms with Gasteiger partial charge in [0.05, 0.1) is 11.0 Å². The Balaban J connectivity index is 1.45. The number of aromatic amines is 1. The van der Waals surface area contributed by atoms with Crippen molar-refractivity contribution in [3.8, 4) is 11.1 Å². The summed E-state index contributed by atoms with van der Waals surface area (Å²) in [5.41, 5.74) is 6.83. The molecule has 0 bridgehead atoms. The quantitative estimate of drug-likeness (QED) is 0.232. The number of anilines is 1. The zero-order valence-corrected chi connectivity index (χ0v) is 22.9. The first-order valence-electron chi connectivity index (χ1n) is 13.5. The number of amides is 2. The first-order valence-corrected chi connectivity index (χ1v) is 13.5. The average Bonchev–Trinajstić information content (AvgIpc) is 3.60. The molecule has 2 heterocycles. The van der Waals surface area contributed by atoms with Crippen molar-refractivity contribution in [3.05, 3.63) is 88.7 Å². The smallest absolute Gasteiger partial charge is 0.270 e. The minimum Gasteiger partial charge on any atom is -0.352 e. The molecule has 0 aliphatic rings. The van der Waals surface area contributed by atoms with Gasteiger partial charge in [0.25, 0.3) is 17.8 Å². The van der Waals surface area contributed by atoms with Crippen LogP contribution in [0.3, 0.4) is 0 Å². The van der Waals surface area contributed by atoms with Gasteiger partial charge >= 0.3 is 0 Å². The highest BCUT2D eigenvalue weighted by atomic mass is 16.2. The van der Waals surface area contributed by atoms with E-state index in [0.717, 1.165) is 58.4 Å². The third-order valence-electron chi connectivity index (χ3n) is 6.74. The van der Waals surface area contributed by atoms with Crippen molar-refractivity contribution in [2.24, 2.45) is 0 Å². The molecule has 5 aromatic rings. The topological polar surface area (TPSA) is 130 Å². The van der Waals surface area contributed by atoms with Crippen molar-refractivity contribution < 1.29 is 9.59 Å². The molecule has 0 aliphatic carbocycles. The number of aromatic nitrogens is 6. The van der Waals surface area contributed by atoms with E-state index in [-0.39, 0.29) is 17.8 Å². The molecule has 5 rings (SSSR count). The third-order valence-corrected chi connectivity index (χ3v) is 6.74.